The normalized spacial score (nSPS) is 6.00. The zero-order valence-electron chi connectivity index (χ0n) is 1.65. The van der Waals surface area contributed by atoms with Crippen LogP contribution in [-0.2, 0) is 21.0 Å². The third-order valence-corrected chi connectivity index (χ3v) is 0. The summed E-state index contributed by atoms with van der Waals surface area (Å²) in [6.07, 6.45) is 0. The second-order valence-electron chi connectivity index (χ2n) is 0.167. The van der Waals surface area contributed by atoms with E-state index >= 15 is 0 Å². The minimum absolute atomic E-state index is 0. The van der Waals surface area contributed by atoms with Crippen molar-refractivity contribution in [2.24, 2.45) is 0 Å². The molecule has 0 aromatic carbocycles. The van der Waals surface area contributed by atoms with Gasteiger partial charge in [0.15, 0.2) is 0 Å². The summed E-state index contributed by atoms with van der Waals surface area (Å²) >= 11 is -0.917. The van der Waals surface area contributed by atoms with Crippen LogP contribution in [0.2, 0.25) is 0 Å². The molecule has 0 atom stereocenters. The van der Waals surface area contributed by atoms with Crippen molar-refractivity contribution in [1.29, 1.82) is 0 Å². The van der Waals surface area contributed by atoms with Crippen LogP contribution < -0.4 is 0 Å². The molecule has 0 unspecified atom stereocenters. The van der Waals surface area contributed by atoms with Gasteiger partial charge in [-0.15, -0.1) is 0 Å². The van der Waals surface area contributed by atoms with Gasteiger partial charge in [-0.3, -0.25) is 0 Å². The van der Waals surface area contributed by atoms with E-state index in [-0.39, 0.29) is 11.0 Å². The Balaban J connectivity index is 0. The van der Waals surface area contributed by atoms with Gasteiger partial charge < -0.3 is 0 Å². The van der Waals surface area contributed by atoms with Crippen molar-refractivity contribution in [3.05, 3.63) is 0 Å². The molecular weight excluding hydrogens is 228 g/mol. The first kappa shape index (κ1) is 8.96. The Labute approximate surface area is 41.6 Å². The van der Waals surface area contributed by atoms with Crippen LogP contribution in [0, 0.1) is 0 Å². The molecule has 0 spiro atoms. The minimum atomic E-state index is -0.917. The average Bonchev–Trinajstić information content (AvgIpc) is 0.918. The van der Waals surface area contributed by atoms with E-state index in [4.69, 9.17) is 9.56 Å². The molecule has 0 radical (unpaired) electrons. The van der Waals surface area contributed by atoms with Crippen LogP contribution in [0.15, 0.2) is 0 Å². The first-order valence-corrected chi connectivity index (χ1v) is 4.73. The number of hydrogen-bond acceptors (Lipinski definition) is 0. The van der Waals surface area contributed by atoms with Crippen LogP contribution in [0.5, 0.6) is 0 Å². The molecule has 0 saturated carbocycles. The zero-order valence-corrected chi connectivity index (χ0v) is 5.25. The smallest absolute Gasteiger partial charge is 0.0149 e. The summed E-state index contributed by atoms with van der Waals surface area (Å²) in [6, 6.07) is 0. The molecule has 0 N–H and O–H groups in total. The van der Waals surface area contributed by atoms with E-state index < -0.39 is 21.0 Å². The van der Waals surface area contributed by atoms with Crippen LogP contribution in [0.25, 0.3) is 0 Å². The maximum Gasteiger partial charge on any atom is -0.0149 e. The summed E-state index contributed by atoms with van der Waals surface area (Å²) in [7, 11) is 0. The molecule has 18 valence electrons. The minimum Gasteiger partial charge on any atom is -0.0149 e. The summed E-state index contributed by atoms with van der Waals surface area (Å²) in [5, 5.41) is 0. The van der Waals surface area contributed by atoms with Crippen molar-refractivity contribution in [2.75, 3.05) is 0 Å². The van der Waals surface area contributed by atoms with Crippen molar-refractivity contribution < 1.29 is 21.0 Å². The fourth-order valence-corrected chi connectivity index (χ4v) is 0. The van der Waals surface area contributed by atoms with E-state index in [0.29, 0.717) is 0 Å². The van der Waals surface area contributed by atoms with Crippen molar-refractivity contribution >= 4 is 20.5 Å². The Morgan fingerprint density at radius 1 is 1.25 bits per heavy atom. The molecule has 0 amide bonds. The Morgan fingerprint density at radius 2 is 1.25 bits per heavy atom. The van der Waals surface area contributed by atoms with Gasteiger partial charge in [0, 0.05) is 0 Å². The van der Waals surface area contributed by atoms with E-state index in [1.165, 1.54) is 0 Å². The first-order valence-electron chi connectivity index (χ1n) is 0.577. The molecular formula is H4B2HfSi. The van der Waals surface area contributed by atoms with E-state index in [0.717, 1.165) is 0 Å². The monoisotopic (exact) mass is 234 g/mol. The number of rotatable bonds is 0. The predicted molar refractivity (Wildman–Crippen MR) is 22.8 cm³/mol. The van der Waals surface area contributed by atoms with Crippen molar-refractivity contribution in [3.63, 3.8) is 0 Å². The molecule has 0 aliphatic heterocycles. The van der Waals surface area contributed by atoms with Crippen LogP contribution in [0.4, 0.5) is 0 Å². The Morgan fingerprint density at radius 3 is 1.25 bits per heavy atom. The Bertz CT molecular complexity index is 79.2. The fraction of sp³-hybridized carbons (Fsp3) is 0. The number of hydrogen-bond donors (Lipinski definition) is 0. The Kier molecular flexibility index (Phi) is 19.9. The molecule has 0 aromatic rings. The molecule has 0 saturated heterocycles. The van der Waals surface area contributed by atoms with Gasteiger partial charge in [0.1, 0.15) is 0 Å². The maximum atomic E-state index is 4.82. The molecule has 0 aromatic heterocycles. The van der Waals surface area contributed by atoms with Gasteiger partial charge in [-0.25, -0.2) is 0 Å². The molecule has 0 bridgehead atoms. The summed E-state index contributed by atoms with van der Waals surface area (Å²) in [6.45, 7) is 0. The third kappa shape index (κ3) is 10.7. The molecule has 0 rings (SSSR count). The molecule has 4 heteroatoms. The molecule has 0 aliphatic rings. The second-order valence-corrected chi connectivity index (χ2v) is 1.36. The van der Waals surface area contributed by atoms with Crippen molar-refractivity contribution in [1.82, 2.24) is 0 Å². The zero-order chi connectivity index (χ0) is 2.71. The van der Waals surface area contributed by atoms with Gasteiger partial charge in [-0.1, -0.05) is 0 Å². The molecule has 0 heterocycles. The van der Waals surface area contributed by atoms with E-state index in [1.54, 1.807) is 0 Å². The van der Waals surface area contributed by atoms with Gasteiger partial charge in [-0.2, -0.15) is 0 Å². The molecule has 4 heavy (non-hydrogen) atoms. The largest absolute Gasteiger partial charge is 0.0149 e. The van der Waals surface area contributed by atoms with E-state index in [2.05, 4.69) is 0 Å². The third-order valence-electron chi connectivity index (χ3n) is 0. The predicted octanol–water partition coefficient (Wildman–Crippen LogP) is -2.22. The summed E-state index contributed by atoms with van der Waals surface area (Å²) in [5.74, 6) is 0. The topological polar surface area (TPSA) is 0 Å². The van der Waals surface area contributed by atoms with Gasteiger partial charge in [0.2, 0.25) is 0 Å². The average molecular weight is 232 g/mol. The summed E-state index contributed by atoms with van der Waals surface area (Å²) in [4.78, 5) is 0. The van der Waals surface area contributed by atoms with E-state index in [9.17, 15) is 0 Å². The maximum absolute atomic E-state index is 4.82. The fourth-order valence-electron chi connectivity index (χ4n) is 0. The SMILES string of the molecule is [B]#[Hf]#[B].[SiH4]. The summed E-state index contributed by atoms with van der Waals surface area (Å²) < 4.78 is 9.64. The standard InChI is InChI=1S/2B.Hf.H4Si/h;;;1H4. The molecule has 0 aliphatic carbocycles. The van der Waals surface area contributed by atoms with Crippen LogP contribution in [-0.4, -0.2) is 20.5 Å². The van der Waals surface area contributed by atoms with Gasteiger partial charge in [0.25, 0.3) is 0 Å². The van der Waals surface area contributed by atoms with Gasteiger partial charge in [-0.05, 0) is 11.0 Å². The second kappa shape index (κ2) is 8.88. The van der Waals surface area contributed by atoms with E-state index in [1.807, 2.05) is 0 Å². The quantitative estimate of drug-likeness (QED) is 0.415. The van der Waals surface area contributed by atoms with Gasteiger partial charge in [0.05, 0.1) is 0 Å². The summed E-state index contributed by atoms with van der Waals surface area (Å²) in [5.41, 5.74) is 0. The van der Waals surface area contributed by atoms with Crippen LogP contribution >= 0.6 is 0 Å². The van der Waals surface area contributed by atoms with Crippen LogP contribution in [0.3, 0.4) is 0 Å². The van der Waals surface area contributed by atoms with Crippen molar-refractivity contribution in [2.45, 2.75) is 0 Å². The first-order chi connectivity index (χ1) is 1.41. The van der Waals surface area contributed by atoms with Crippen molar-refractivity contribution in [3.8, 4) is 0 Å². The Hall–Kier alpha value is 1.22. The van der Waals surface area contributed by atoms with Gasteiger partial charge >= 0.3 is 30.6 Å². The molecule has 0 nitrogen and oxygen atoms in total. The van der Waals surface area contributed by atoms with Crippen LogP contribution in [0.1, 0.15) is 0 Å². The molecule has 0 fully saturated rings.